The predicted molar refractivity (Wildman–Crippen MR) is 79.3 cm³/mol. The van der Waals surface area contributed by atoms with Gasteiger partial charge in [0.15, 0.2) is 0 Å². The van der Waals surface area contributed by atoms with E-state index in [0.29, 0.717) is 5.92 Å². The van der Waals surface area contributed by atoms with Gasteiger partial charge in [0.05, 0.1) is 17.4 Å². The van der Waals surface area contributed by atoms with Crippen LogP contribution in [0.1, 0.15) is 44.9 Å². The minimum atomic E-state index is -0.452. The Hall–Kier alpha value is -2.10. The van der Waals surface area contributed by atoms with Gasteiger partial charge in [-0.1, -0.05) is 19.9 Å². The summed E-state index contributed by atoms with van der Waals surface area (Å²) in [6.07, 6.45) is 3.85. The Labute approximate surface area is 118 Å². The molecular formula is C16H19N3O. The van der Waals surface area contributed by atoms with E-state index in [1.807, 2.05) is 49.1 Å². The van der Waals surface area contributed by atoms with Crippen LogP contribution >= 0.6 is 0 Å². The van der Waals surface area contributed by atoms with Crippen molar-refractivity contribution in [1.29, 1.82) is 0 Å². The van der Waals surface area contributed by atoms with Crippen molar-refractivity contribution in [3.63, 3.8) is 0 Å². The molecule has 0 radical (unpaired) electrons. The van der Waals surface area contributed by atoms with E-state index in [9.17, 15) is 4.79 Å². The molecule has 4 nitrogen and oxygen atoms in total. The maximum absolute atomic E-state index is 12.0. The van der Waals surface area contributed by atoms with Crippen LogP contribution in [0.5, 0.6) is 0 Å². The molecule has 0 unspecified atom stereocenters. The second-order valence-electron chi connectivity index (χ2n) is 6.17. The monoisotopic (exact) mass is 269 g/mol. The number of anilines is 1. The van der Waals surface area contributed by atoms with E-state index in [2.05, 4.69) is 24.1 Å². The second kappa shape index (κ2) is 4.20. The molecule has 3 rings (SSSR count). The lowest BCUT2D eigenvalue weighted by atomic mass is 9.86. The van der Waals surface area contributed by atoms with Crippen LogP contribution in [0.4, 0.5) is 5.69 Å². The molecule has 0 aliphatic carbocycles. The molecule has 1 aliphatic rings. The molecule has 1 N–H and O–H groups in total. The van der Waals surface area contributed by atoms with Gasteiger partial charge < -0.3 is 9.88 Å². The first kappa shape index (κ1) is 12.9. The molecule has 1 aliphatic heterocycles. The molecule has 0 bridgehead atoms. The van der Waals surface area contributed by atoms with Crippen molar-refractivity contribution in [2.75, 3.05) is 5.32 Å². The molecule has 4 heteroatoms. The van der Waals surface area contributed by atoms with Crippen molar-refractivity contribution in [1.82, 2.24) is 9.55 Å². The van der Waals surface area contributed by atoms with E-state index < -0.39 is 5.41 Å². The lowest BCUT2D eigenvalue weighted by molar-refractivity contribution is -0.119. The number of carbonyl (C=O) groups excluding carboxylic acids is 1. The van der Waals surface area contributed by atoms with Crippen molar-refractivity contribution in [3.8, 4) is 5.69 Å². The third kappa shape index (κ3) is 1.83. The van der Waals surface area contributed by atoms with Crippen LogP contribution in [0.3, 0.4) is 0 Å². The van der Waals surface area contributed by atoms with Gasteiger partial charge in [-0.3, -0.25) is 4.79 Å². The second-order valence-corrected chi connectivity index (χ2v) is 6.17. The normalized spacial score (nSPS) is 16.4. The molecule has 0 saturated carbocycles. The van der Waals surface area contributed by atoms with Crippen LogP contribution in [0, 0.1) is 0 Å². The standard InChI is InChI=1S/C16H19N3O/c1-10(2)14-8-19(9-17-14)11-5-6-12-13(7-11)18-15(20)16(12,3)4/h5-10H,1-4H3,(H,18,20). The topological polar surface area (TPSA) is 46.9 Å². The zero-order valence-electron chi connectivity index (χ0n) is 12.3. The average Bonchev–Trinajstić information content (AvgIpc) is 2.94. The molecule has 0 fully saturated rings. The number of amides is 1. The first-order valence-corrected chi connectivity index (χ1v) is 6.90. The number of fused-ring (bicyclic) bond motifs is 1. The lowest BCUT2D eigenvalue weighted by Crippen LogP contribution is -2.26. The van der Waals surface area contributed by atoms with E-state index in [0.717, 1.165) is 22.6 Å². The summed E-state index contributed by atoms with van der Waals surface area (Å²) in [5.41, 5.74) is 3.58. The van der Waals surface area contributed by atoms with Gasteiger partial charge in [-0.15, -0.1) is 0 Å². The Kier molecular flexibility index (Phi) is 2.71. The van der Waals surface area contributed by atoms with Crippen LogP contribution in [0.25, 0.3) is 5.69 Å². The zero-order valence-corrected chi connectivity index (χ0v) is 12.3. The number of nitrogens with one attached hydrogen (secondary N) is 1. The number of imidazole rings is 1. The van der Waals surface area contributed by atoms with Crippen molar-refractivity contribution >= 4 is 11.6 Å². The van der Waals surface area contributed by atoms with E-state index >= 15 is 0 Å². The summed E-state index contributed by atoms with van der Waals surface area (Å²) in [5, 5.41) is 2.95. The quantitative estimate of drug-likeness (QED) is 0.910. The summed E-state index contributed by atoms with van der Waals surface area (Å²) in [4.78, 5) is 16.4. The number of hydrogen-bond donors (Lipinski definition) is 1. The molecule has 2 heterocycles. The number of carbonyl (C=O) groups is 1. The van der Waals surface area contributed by atoms with Gasteiger partial charge in [-0.2, -0.15) is 0 Å². The smallest absolute Gasteiger partial charge is 0.234 e. The van der Waals surface area contributed by atoms with Crippen LogP contribution in [0.2, 0.25) is 0 Å². The molecule has 1 amide bonds. The SMILES string of the molecule is CC(C)c1cn(-c2ccc3c(c2)NC(=O)C3(C)C)cn1. The number of aromatic nitrogens is 2. The summed E-state index contributed by atoms with van der Waals surface area (Å²) in [7, 11) is 0. The van der Waals surface area contributed by atoms with Gasteiger partial charge in [0.25, 0.3) is 0 Å². The average molecular weight is 269 g/mol. The molecule has 1 aromatic heterocycles. The highest BCUT2D eigenvalue weighted by atomic mass is 16.2. The summed E-state index contributed by atoms with van der Waals surface area (Å²) in [6, 6.07) is 6.07. The highest BCUT2D eigenvalue weighted by Gasteiger charge is 2.38. The fraction of sp³-hybridized carbons (Fsp3) is 0.375. The number of rotatable bonds is 2. The third-order valence-electron chi connectivity index (χ3n) is 3.98. The van der Waals surface area contributed by atoms with Crippen LogP contribution < -0.4 is 5.32 Å². The molecule has 1 aromatic carbocycles. The predicted octanol–water partition coefficient (Wildman–Crippen LogP) is 3.23. The molecule has 2 aromatic rings. The van der Waals surface area contributed by atoms with Gasteiger partial charge in [0.2, 0.25) is 5.91 Å². The van der Waals surface area contributed by atoms with Crippen LogP contribution in [-0.4, -0.2) is 15.5 Å². The zero-order chi connectivity index (χ0) is 14.5. The van der Waals surface area contributed by atoms with E-state index in [4.69, 9.17) is 0 Å². The largest absolute Gasteiger partial charge is 0.325 e. The summed E-state index contributed by atoms with van der Waals surface area (Å²) >= 11 is 0. The Balaban J connectivity index is 2.02. The molecule has 0 spiro atoms. The number of nitrogens with zero attached hydrogens (tertiary/aromatic N) is 2. The Morgan fingerprint density at radius 3 is 2.70 bits per heavy atom. The van der Waals surface area contributed by atoms with E-state index in [1.165, 1.54) is 0 Å². The third-order valence-corrected chi connectivity index (χ3v) is 3.98. The van der Waals surface area contributed by atoms with Crippen LogP contribution in [0.15, 0.2) is 30.7 Å². The molecule has 104 valence electrons. The van der Waals surface area contributed by atoms with Gasteiger partial charge in [-0.05, 0) is 37.5 Å². The molecular weight excluding hydrogens is 250 g/mol. The lowest BCUT2D eigenvalue weighted by Gasteiger charge is -2.15. The number of hydrogen-bond acceptors (Lipinski definition) is 2. The number of benzene rings is 1. The molecule has 0 atom stereocenters. The van der Waals surface area contributed by atoms with Gasteiger partial charge in [0, 0.05) is 17.6 Å². The first-order valence-electron chi connectivity index (χ1n) is 6.90. The van der Waals surface area contributed by atoms with Gasteiger partial charge >= 0.3 is 0 Å². The van der Waals surface area contributed by atoms with Crippen molar-refractivity contribution < 1.29 is 4.79 Å². The summed E-state index contributed by atoms with van der Waals surface area (Å²) in [5.74, 6) is 0.461. The van der Waals surface area contributed by atoms with Crippen molar-refractivity contribution in [2.45, 2.75) is 39.0 Å². The fourth-order valence-corrected chi connectivity index (χ4v) is 2.52. The minimum absolute atomic E-state index is 0.0538. The Morgan fingerprint density at radius 1 is 1.30 bits per heavy atom. The highest BCUT2D eigenvalue weighted by Crippen LogP contribution is 2.38. The molecule has 0 saturated heterocycles. The van der Waals surface area contributed by atoms with Crippen molar-refractivity contribution in [2.24, 2.45) is 0 Å². The Bertz CT molecular complexity index is 683. The maximum atomic E-state index is 12.0. The summed E-state index contributed by atoms with van der Waals surface area (Å²) < 4.78 is 1.99. The van der Waals surface area contributed by atoms with Gasteiger partial charge in [-0.25, -0.2) is 4.98 Å². The highest BCUT2D eigenvalue weighted by molar-refractivity contribution is 6.05. The fourth-order valence-electron chi connectivity index (χ4n) is 2.52. The Morgan fingerprint density at radius 2 is 2.05 bits per heavy atom. The maximum Gasteiger partial charge on any atom is 0.234 e. The molecule has 20 heavy (non-hydrogen) atoms. The summed E-state index contributed by atoms with van der Waals surface area (Å²) in [6.45, 7) is 8.14. The van der Waals surface area contributed by atoms with Crippen molar-refractivity contribution in [3.05, 3.63) is 42.0 Å². The van der Waals surface area contributed by atoms with E-state index in [1.54, 1.807) is 0 Å². The van der Waals surface area contributed by atoms with Crippen LogP contribution in [-0.2, 0) is 10.2 Å². The van der Waals surface area contributed by atoms with Gasteiger partial charge in [0.1, 0.15) is 0 Å². The van der Waals surface area contributed by atoms with E-state index in [-0.39, 0.29) is 5.91 Å². The first-order chi connectivity index (χ1) is 9.39. The minimum Gasteiger partial charge on any atom is -0.325 e.